The molecule has 2 aliphatic carbocycles. The number of anilines is 1. The van der Waals surface area contributed by atoms with E-state index in [0.717, 1.165) is 56.1 Å². The van der Waals surface area contributed by atoms with E-state index in [0.29, 0.717) is 35.3 Å². The van der Waals surface area contributed by atoms with Gasteiger partial charge in [-0.05, 0) is 62.8 Å². The summed E-state index contributed by atoms with van der Waals surface area (Å²) in [6.07, 6.45) is 7.93. The maximum Gasteiger partial charge on any atom is 0.226 e. The molecule has 1 spiro atoms. The van der Waals surface area contributed by atoms with E-state index in [-0.39, 0.29) is 5.82 Å². The third-order valence-electron chi connectivity index (χ3n) is 7.57. The molecule has 5 rings (SSSR count). The summed E-state index contributed by atoms with van der Waals surface area (Å²) >= 11 is 0. The van der Waals surface area contributed by atoms with Crippen LogP contribution in [-0.4, -0.2) is 33.9 Å². The van der Waals surface area contributed by atoms with Crippen molar-refractivity contribution in [3.63, 3.8) is 0 Å². The topological polar surface area (TPSA) is 58.1 Å². The predicted molar refractivity (Wildman–Crippen MR) is 118 cm³/mol. The number of nitrogens with one attached hydrogen (secondary N) is 1. The molecule has 31 heavy (non-hydrogen) atoms. The number of hydrogen-bond donors (Lipinski definition) is 1. The van der Waals surface area contributed by atoms with E-state index in [2.05, 4.69) is 20.2 Å². The lowest BCUT2D eigenvalue weighted by Gasteiger charge is -2.34. The highest BCUT2D eigenvalue weighted by Gasteiger charge is 2.61. The molecule has 1 aromatic carbocycles. The van der Waals surface area contributed by atoms with Crippen LogP contribution in [-0.2, 0) is 17.8 Å². The van der Waals surface area contributed by atoms with Crippen LogP contribution in [0, 0.1) is 30.0 Å². The van der Waals surface area contributed by atoms with E-state index in [1.807, 2.05) is 19.1 Å². The molecule has 2 heterocycles. The SMILES string of the molecule is Cc1nc(CC2CCN(C(=O)[C@H]3CC34CCC4)CC2)cc(NCc2ccccc2F)n1. The molecule has 2 aromatic rings. The van der Waals surface area contributed by atoms with Gasteiger partial charge >= 0.3 is 0 Å². The van der Waals surface area contributed by atoms with Crippen LogP contribution in [0.3, 0.4) is 0 Å². The van der Waals surface area contributed by atoms with Gasteiger partial charge in [0.05, 0.1) is 0 Å². The molecule has 6 heteroatoms. The lowest BCUT2D eigenvalue weighted by molar-refractivity contribution is -0.135. The van der Waals surface area contributed by atoms with Crippen LogP contribution >= 0.6 is 0 Å². The highest BCUT2D eigenvalue weighted by molar-refractivity contribution is 5.83. The van der Waals surface area contributed by atoms with Crippen LogP contribution in [0.25, 0.3) is 0 Å². The summed E-state index contributed by atoms with van der Waals surface area (Å²) in [5, 5.41) is 3.24. The molecule has 1 N–H and O–H groups in total. The fourth-order valence-corrected chi connectivity index (χ4v) is 5.41. The summed E-state index contributed by atoms with van der Waals surface area (Å²) in [4.78, 5) is 24.0. The Balaban J connectivity index is 1.14. The summed E-state index contributed by atoms with van der Waals surface area (Å²) in [7, 11) is 0. The molecule has 5 nitrogen and oxygen atoms in total. The number of nitrogens with zero attached hydrogens (tertiary/aromatic N) is 3. The Morgan fingerprint density at radius 1 is 1.23 bits per heavy atom. The molecule has 1 amide bonds. The summed E-state index contributed by atoms with van der Waals surface area (Å²) in [6.45, 7) is 4.04. The van der Waals surface area contributed by atoms with Gasteiger partial charge in [-0.2, -0.15) is 0 Å². The molecule has 3 fully saturated rings. The van der Waals surface area contributed by atoms with E-state index in [4.69, 9.17) is 0 Å². The lowest BCUT2D eigenvalue weighted by atomic mass is 9.79. The van der Waals surface area contributed by atoms with Crippen molar-refractivity contribution in [1.29, 1.82) is 0 Å². The van der Waals surface area contributed by atoms with Gasteiger partial charge in [0, 0.05) is 42.9 Å². The molecule has 2 saturated carbocycles. The zero-order chi connectivity index (χ0) is 21.4. The normalized spacial score (nSPS) is 22.3. The van der Waals surface area contributed by atoms with Gasteiger partial charge in [-0.25, -0.2) is 14.4 Å². The van der Waals surface area contributed by atoms with Crippen LogP contribution < -0.4 is 5.32 Å². The third kappa shape index (κ3) is 4.30. The summed E-state index contributed by atoms with van der Waals surface area (Å²) < 4.78 is 13.9. The van der Waals surface area contributed by atoms with Gasteiger partial charge in [0.2, 0.25) is 5.91 Å². The van der Waals surface area contributed by atoms with Gasteiger partial charge in [-0.1, -0.05) is 24.6 Å². The van der Waals surface area contributed by atoms with Crippen molar-refractivity contribution < 1.29 is 9.18 Å². The minimum atomic E-state index is -0.211. The van der Waals surface area contributed by atoms with Crippen molar-refractivity contribution in [1.82, 2.24) is 14.9 Å². The highest BCUT2D eigenvalue weighted by Crippen LogP contribution is 2.66. The van der Waals surface area contributed by atoms with Crippen molar-refractivity contribution in [2.45, 2.75) is 58.4 Å². The Morgan fingerprint density at radius 2 is 2.00 bits per heavy atom. The number of rotatable bonds is 6. The standard InChI is InChI=1S/C25H31FN4O/c1-17-28-20(14-23(29-17)27-16-19-5-2-3-6-22(19)26)13-18-7-11-30(12-8-18)24(31)21-15-25(21)9-4-10-25/h2-3,5-6,14,18,21H,4,7-13,15-16H2,1H3,(H,27,28,29)/t21-/m1/s1. The van der Waals surface area contributed by atoms with Gasteiger partial charge in [0.25, 0.3) is 0 Å². The molecular weight excluding hydrogens is 391 g/mol. The molecule has 0 radical (unpaired) electrons. The molecule has 1 aliphatic heterocycles. The lowest BCUT2D eigenvalue weighted by Crippen LogP contribution is -2.41. The van der Waals surface area contributed by atoms with Crippen LogP contribution in [0.5, 0.6) is 0 Å². The molecular formula is C25H31FN4O. The summed E-state index contributed by atoms with van der Waals surface area (Å²) in [6, 6.07) is 8.76. The number of hydrogen-bond acceptors (Lipinski definition) is 4. The average Bonchev–Trinajstić information content (AvgIpc) is 3.50. The number of halogens is 1. The van der Waals surface area contributed by atoms with Crippen molar-refractivity contribution >= 4 is 11.7 Å². The minimum absolute atomic E-state index is 0.211. The summed E-state index contributed by atoms with van der Waals surface area (Å²) in [5.41, 5.74) is 2.05. The maximum atomic E-state index is 13.9. The average molecular weight is 423 g/mol. The summed E-state index contributed by atoms with van der Waals surface area (Å²) in [5.74, 6) is 2.52. The van der Waals surface area contributed by atoms with Crippen LogP contribution in [0.2, 0.25) is 0 Å². The first-order valence-corrected chi connectivity index (χ1v) is 11.6. The van der Waals surface area contributed by atoms with E-state index in [9.17, 15) is 9.18 Å². The van der Waals surface area contributed by atoms with Crippen LogP contribution in [0.1, 0.15) is 55.6 Å². The Labute approximate surface area is 183 Å². The van der Waals surface area contributed by atoms with E-state index < -0.39 is 0 Å². The second-order valence-corrected chi connectivity index (χ2v) is 9.68. The van der Waals surface area contributed by atoms with Crippen molar-refractivity contribution in [2.75, 3.05) is 18.4 Å². The first-order valence-electron chi connectivity index (χ1n) is 11.6. The zero-order valence-electron chi connectivity index (χ0n) is 18.2. The predicted octanol–water partition coefficient (Wildman–Crippen LogP) is 4.51. The van der Waals surface area contributed by atoms with Crippen molar-refractivity contribution in [3.8, 4) is 0 Å². The van der Waals surface area contributed by atoms with Gasteiger partial charge in [0.15, 0.2) is 0 Å². The Bertz CT molecular complexity index is 966. The number of likely N-dealkylation sites (tertiary alicyclic amines) is 1. The van der Waals surface area contributed by atoms with Gasteiger partial charge in [-0.15, -0.1) is 0 Å². The minimum Gasteiger partial charge on any atom is -0.366 e. The molecule has 1 atom stereocenters. The number of carbonyl (C=O) groups is 1. The van der Waals surface area contributed by atoms with Gasteiger partial charge in [0.1, 0.15) is 17.5 Å². The van der Waals surface area contributed by atoms with E-state index in [1.54, 1.807) is 12.1 Å². The van der Waals surface area contributed by atoms with E-state index in [1.165, 1.54) is 25.3 Å². The second kappa shape index (κ2) is 8.21. The number of piperidine rings is 1. The Morgan fingerprint density at radius 3 is 2.68 bits per heavy atom. The van der Waals surface area contributed by atoms with Gasteiger partial charge < -0.3 is 10.2 Å². The fraction of sp³-hybridized carbons (Fsp3) is 0.560. The Hall–Kier alpha value is -2.50. The molecule has 164 valence electrons. The first kappa shape index (κ1) is 20.4. The van der Waals surface area contributed by atoms with Crippen LogP contribution in [0.4, 0.5) is 10.2 Å². The van der Waals surface area contributed by atoms with Crippen LogP contribution in [0.15, 0.2) is 30.3 Å². The largest absolute Gasteiger partial charge is 0.366 e. The number of aryl methyl sites for hydroxylation is 1. The van der Waals surface area contributed by atoms with E-state index >= 15 is 0 Å². The quantitative estimate of drug-likeness (QED) is 0.744. The highest BCUT2D eigenvalue weighted by atomic mass is 19.1. The monoisotopic (exact) mass is 422 g/mol. The number of aromatic nitrogens is 2. The smallest absolute Gasteiger partial charge is 0.226 e. The van der Waals surface area contributed by atoms with Gasteiger partial charge in [-0.3, -0.25) is 4.79 Å². The maximum absolute atomic E-state index is 13.9. The molecule has 0 bridgehead atoms. The molecule has 3 aliphatic rings. The molecule has 1 saturated heterocycles. The molecule has 0 unspecified atom stereocenters. The first-order chi connectivity index (χ1) is 15.0. The molecule has 1 aromatic heterocycles. The van der Waals surface area contributed by atoms with Crippen molar-refractivity contribution in [3.05, 3.63) is 53.2 Å². The van der Waals surface area contributed by atoms with Crippen molar-refractivity contribution in [2.24, 2.45) is 17.3 Å². The number of benzene rings is 1. The zero-order valence-corrected chi connectivity index (χ0v) is 18.2. The third-order valence-corrected chi connectivity index (χ3v) is 7.57. The number of amides is 1. The fourth-order valence-electron chi connectivity index (χ4n) is 5.41. The Kier molecular flexibility index (Phi) is 5.40. The number of carbonyl (C=O) groups excluding carboxylic acids is 1. The second-order valence-electron chi connectivity index (χ2n) is 9.68.